The van der Waals surface area contributed by atoms with Gasteiger partial charge in [0.15, 0.2) is 0 Å². The average molecular weight is 437 g/mol. The molecule has 0 bridgehead atoms. The second kappa shape index (κ2) is 9.33. The van der Waals surface area contributed by atoms with E-state index in [0.717, 1.165) is 11.1 Å². The maximum atomic E-state index is 13.4. The summed E-state index contributed by atoms with van der Waals surface area (Å²) in [5, 5.41) is 13.6. The number of carbonyl (C=O) groups excluding carboxylic acids is 1. The molecule has 6 nitrogen and oxygen atoms in total. The molecule has 2 aromatic carbocycles. The highest BCUT2D eigenvalue weighted by atomic mass is 16.6. The van der Waals surface area contributed by atoms with Gasteiger partial charge in [0.25, 0.3) is 0 Å². The maximum Gasteiger partial charge on any atom is 0.410 e. The fourth-order valence-electron chi connectivity index (χ4n) is 5.51. The molecular formula is C26H32N2O4. The van der Waals surface area contributed by atoms with Gasteiger partial charge in [0.05, 0.1) is 0 Å². The van der Waals surface area contributed by atoms with E-state index in [4.69, 9.17) is 4.74 Å². The third kappa shape index (κ3) is 3.66. The van der Waals surface area contributed by atoms with E-state index >= 15 is 0 Å². The molecule has 0 radical (unpaired) electrons. The number of carboxylic acids is 1. The quantitative estimate of drug-likeness (QED) is 0.669. The molecule has 2 unspecified atom stereocenters. The number of aliphatic carboxylic acids is 1. The number of benzene rings is 2. The summed E-state index contributed by atoms with van der Waals surface area (Å²) >= 11 is 0. The Hall–Kier alpha value is -2.86. The fraction of sp³-hybridized carbons (Fsp3) is 0.462. The topological polar surface area (TPSA) is 78.9 Å². The molecule has 32 heavy (non-hydrogen) atoms. The molecule has 170 valence electrons. The average Bonchev–Trinajstić information content (AvgIpc) is 3.14. The summed E-state index contributed by atoms with van der Waals surface area (Å²) in [5.74, 6) is -1.15. The van der Waals surface area contributed by atoms with Crippen LogP contribution in [0.5, 0.6) is 0 Å². The fourth-order valence-corrected chi connectivity index (χ4v) is 5.51. The summed E-state index contributed by atoms with van der Waals surface area (Å²) in [6.07, 6.45) is 1.20. The molecule has 2 atom stereocenters. The minimum absolute atomic E-state index is 0.0504. The number of carbonyl (C=O) groups is 2. The molecule has 1 amide bonds. The Kier molecular flexibility index (Phi) is 6.51. The number of hydrogen-bond donors (Lipinski definition) is 2. The van der Waals surface area contributed by atoms with Crippen molar-refractivity contribution in [3.05, 3.63) is 59.7 Å². The first-order chi connectivity index (χ1) is 15.5. The molecule has 4 rings (SSSR count). The largest absolute Gasteiger partial charge is 0.479 e. The van der Waals surface area contributed by atoms with Crippen molar-refractivity contribution < 1.29 is 19.4 Å². The van der Waals surface area contributed by atoms with E-state index in [1.165, 1.54) is 16.0 Å². The number of piperidine rings is 1. The van der Waals surface area contributed by atoms with Crippen LogP contribution in [-0.4, -0.2) is 53.8 Å². The highest BCUT2D eigenvalue weighted by molar-refractivity contribution is 5.85. The zero-order chi connectivity index (χ0) is 22.7. The summed E-state index contributed by atoms with van der Waals surface area (Å²) in [6.45, 7) is 5.65. The van der Waals surface area contributed by atoms with Crippen LogP contribution in [-0.2, 0) is 9.53 Å². The molecular weight excluding hydrogens is 404 g/mol. The third-order valence-corrected chi connectivity index (χ3v) is 7.10. The van der Waals surface area contributed by atoms with Gasteiger partial charge >= 0.3 is 12.1 Å². The molecule has 1 aliphatic heterocycles. The highest BCUT2D eigenvalue weighted by Crippen LogP contribution is 2.44. The number of amides is 1. The van der Waals surface area contributed by atoms with Crippen molar-refractivity contribution in [2.45, 2.75) is 44.6 Å². The number of hydrogen-bond acceptors (Lipinski definition) is 4. The van der Waals surface area contributed by atoms with Crippen molar-refractivity contribution in [2.75, 3.05) is 26.2 Å². The van der Waals surface area contributed by atoms with Crippen molar-refractivity contribution in [1.82, 2.24) is 10.2 Å². The van der Waals surface area contributed by atoms with Crippen molar-refractivity contribution in [1.29, 1.82) is 0 Å². The van der Waals surface area contributed by atoms with Gasteiger partial charge in [-0.3, -0.25) is 4.90 Å². The zero-order valence-corrected chi connectivity index (χ0v) is 18.8. The van der Waals surface area contributed by atoms with Gasteiger partial charge in [-0.05, 0) is 48.1 Å². The van der Waals surface area contributed by atoms with Crippen LogP contribution >= 0.6 is 0 Å². The van der Waals surface area contributed by atoms with Crippen molar-refractivity contribution in [3.8, 4) is 11.1 Å². The summed E-state index contributed by atoms with van der Waals surface area (Å²) in [6, 6.07) is 16.4. The Bertz CT molecular complexity index is 946. The minimum Gasteiger partial charge on any atom is -0.479 e. The van der Waals surface area contributed by atoms with Crippen molar-refractivity contribution >= 4 is 12.1 Å². The Labute approximate surface area is 189 Å². The van der Waals surface area contributed by atoms with Crippen LogP contribution in [0.25, 0.3) is 11.1 Å². The third-order valence-electron chi connectivity index (χ3n) is 7.10. The molecule has 2 aromatic rings. The van der Waals surface area contributed by atoms with Crippen LogP contribution in [0.3, 0.4) is 0 Å². The highest BCUT2D eigenvalue weighted by Gasteiger charge is 2.53. The van der Waals surface area contributed by atoms with Crippen LogP contribution in [0.15, 0.2) is 48.5 Å². The molecule has 1 fully saturated rings. The van der Waals surface area contributed by atoms with E-state index in [1.54, 1.807) is 0 Å². The molecule has 2 aliphatic rings. The van der Waals surface area contributed by atoms with E-state index in [9.17, 15) is 14.7 Å². The number of nitrogens with one attached hydrogen (secondary N) is 1. The van der Waals surface area contributed by atoms with Crippen LogP contribution in [0.2, 0.25) is 0 Å². The lowest BCUT2D eigenvalue weighted by atomic mass is 9.75. The van der Waals surface area contributed by atoms with Crippen molar-refractivity contribution in [3.63, 3.8) is 0 Å². The lowest BCUT2D eigenvalue weighted by Gasteiger charge is -2.47. The summed E-state index contributed by atoms with van der Waals surface area (Å²) in [7, 11) is 0. The predicted octanol–water partition coefficient (Wildman–Crippen LogP) is 4.49. The van der Waals surface area contributed by atoms with E-state index in [-0.39, 0.29) is 18.4 Å². The zero-order valence-electron chi connectivity index (χ0n) is 18.8. The molecule has 1 aliphatic carbocycles. The van der Waals surface area contributed by atoms with E-state index in [1.807, 2.05) is 38.1 Å². The van der Waals surface area contributed by atoms with Crippen LogP contribution < -0.4 is 5.32 Å². The van der Waals surface area contributed by atoms with Crippen LogP contribution in [0.4, 0.5) is 4.79 Å². The Morgan fingerprint density at radius 3 is 2.28 bits per heavy atom. The Morgan fingerprint density at radius 1 is 1.09 bits per heavy atom. The van der Waals surface area contributed by atoms with Crippen LogP contribution in [0, 0.1) is 5.92 Å². The lowest BCUT2D eigenvalue weighted by molar-refractivity contribution is -0.157. The van der Waals surface area contributed by atoms with Gasteiger partial charge < -0.3 is 15.2 Å². The van der Waals surface area contributed by atoms with E-state index in [0.29, 0.717) is 38.9 Å². The van der Waals surface area contributed by atoms with Gasteiger partial charge in [-0.25, -0.2) is 9.59 Å². The molecule has 1 heterocycles. The molecule has 6 heteroatoms. The summed E-state index contributed by atoms with van der Waals surface area (Å²) in [4.78, 5) is 27.5. The predicted molar refractivity (Wildman–Crippen MR) is 124 cm³/mol. The SMILES string of the molecule is CCCN(C(=O)OCC1c2ccccc2-c2ccccc21)C1(C(=O)O)CCNCC1CC. The Balaban J connectivity index is 1.60. The first-order valence-corrected chi connectivity index (χ1v) is 11.6. The number of rotatable bonds is 7. The summed E-state index contributed by atoms with van der Waals surface area (Å²) in [5.41, 5.74) is 3.38. The molecule has 1 saturated heterocycles. The number of carboxylic acid groups (broad SMARTS) is 1. The molecule has 0 saturated carbocycles. The minimum atomic E-state index is -1.24. The van der Waals surface area contributed by atoms with Gasteiger partial charge in [-0.1, -0.05) is 62.4 Å². The van der Waals surface area contributed by atoms with Crippen molar-refractivity contribution in [2.24, 2.45) is 5.92 Å². The number of fused-ring (bicyclic) bond motifs is 3. The lowest BCUT2D eigenvalue weighted by Crippen LogP contribution is -2.66. The van der Waals surface area contributed by atoms with E-state index < -0.39 is 17.6 Å². The maximum absolute atomic E-state index is 13.4. The number of nitrogens with zero attached hydrogens (tertiary/aromatic N) is 1. The van der Waals surface area contributed by atoms with Gasteiger partial charge in [0.2, 0.25) is 0 Å². The van der Waals surface area contributed by atoms with Gasteiger partial charge in [-0.2, -0.15) is 0 Å². The molecule has 2 N–H and O–H groups in total. The second-order valence-corrected chi connectivity index (χ2v) is 8.74. The molecule has 0 spiro atoms. The van der Waals surface area contributed by atoms with E-state index in [2.05, 4.69) is 29.6 Å². The smallest absolute Gasteiger partial charge is 0.410 e. The normalized spacial score (nSPS) is 22.1. The second-order valence-electron chi connectivity index (χ2n) is 8.74. The van der Waals surface area contributed by atoms with Gasteiger partial charge in [-0.15, -0.1) is 0 Å². The Morgan fingerprint density at radius 2 is 1.72 bits per heavy atom. The first-order valence-electron chi connectivity index (χ1n) is 11.6. The van der Waals surface area contributed by atoms with Gasteiger partial charge in [0.1, 0.15) is 12.1 Å². The summed E-state index contributed by atoms with van der Waals surface area (Å²) < 4.78 is 5.88. The molecule has 0 aromatic heterocycles. The van der Waals surface area contributed by atoms with Gasteiger partial charge in [0, 0.05) is 24.9 Å². The monoisotopic (exact) mass is 436 g/mol. The number of ether oxygens (including phenoxy) is 1. The van der Waals surface area contributed by atoms with Crippen LogP contribution in [0.1, 0.15) is 50.2 Å². The first kappa shape index (κ1) is 22.3. The standard InChI is InChI=1S/C26H32N2O4/c1-3-15-28(26(24(29)30)13-14-27-16-18(26)4-2)25(31)32-17-23-21-11-7-5-9-19(21)20-10-6-8-12-22(20)23/h5-12,18,23,27H,3-4,13-17H2,1-2H3,(H,29,30).